The van der Waals surface area contributed by atoms with Crippen LogP contribution in [0.15, 0.2) is 72.8 Å². The Balaban J connectivity index is 0.000000187. The average Bonchev–Trinajstić information content (AvgIpc) is 4.14. The lowest BCUT2D eigenvalue weighted by molar-refractivity contribution is 0.0686. The molecular formula is C56H72N8O12. The number of benzene rings is 4. The van der Waals surface area contributed by atoms with Gasteiger partial charge in [-0.25, -0.2) is 39.1 Å². The topological polar surface area (TPSA) is 301 Å². The van der Waals surface area contributed by atoms with E-state index in [-0.39, 0.29) is 48.7 Å². The molecule has 4 heterocycles. The molecule has 0 radical (unpaired) electrons. The lowest BCUT2D eigenvalue weighted by Gasteiger charge is -2.09. The Morgan fingerprint density at radius 3 is 0.684 bits per heavy atom. The van der Waals surface area contributed by atoms with Crippen molar-refractivity contribution >= 4 is 68.0 Å². The first-order valence-electron chi connectivity index (χ1n) is 25.4. The van der Waals surface area contributed by atoms with Gasteiger partial charge in [-0.15, -0.1) is 0 Å². The number of fused-ring (bicyclic) bond motifs is 4. The van der Waals surface area contributed by atoms with Gasteiger partial charge in [0.25, 0.3) is 0 Å². The molecule has 4 aromatic heterocycles. The van der Waals surface area contributed by atoms with E-state index < -0.39 is 23.9 Å². The highest BCUT2D eigenvalue weighted by Crippen LogP contribution is 2.24. The molecule has 0 aliphatic carbocycles. The van der Waals surface area contributed by atoms with Crippen molar-refractivity contribution in [2.75, 3.05) is 0 Å². The molecule has 0 saturated heterocycles. The second-order valence-electron chi connectivity index (χ2n) is 20.1. The van der Waals surface area contributed by atoms with Crippen molar-refractivity contribution < 1.29 is 60.0 Å². The fraction of sp³-hybridized carbons (Fsp3) is 0.429. The molecule has 0 bridgehead atoms. The lowest BCUT2D eigenvalue weighted by Crippen LogP contribution is -2.06. The Bertz CT molecular complexity index is 2840. The zero-order valence-electron chi connectivity index (χ0n) is 44.5. The van der Waals surface area contributed by atoms with Gasteiger partial charge in [0.05, 0.1) is 66.4 Å². The molecule has 0 aliphatic heterocycles. The number of nitrogens with zero attached hydrogens (tertiary/aromatic N) is 8. The minimum atomic E-state index is -0.968. The number of carbonyl (C=O) groups is 4. The van der Waals surface area contributed by atoms with Crippen LogP contribution >= 0.6 is 0 Å². The summed E-state index contributed by atoms with van der Waals surface area (Å²) in [7, 11) is 0. The van der Waals surface area contributed by atoms with Gasteiger partial charge in [-0.3, -0.25) is 0 Å². The van der Waals surface area contributed by atoms with Crippen LogP contribution in [0.5, 0.6) is 0 Å². The molecule has 0 amide bonds. The van der Waals surface area contributed by atoms with Crippen LogP contribution in [0, 0.1) is 23.7 Å². The van der Waals surface area contributed by atoms with Crippen molar-refractivity contribution in [3.63, 3.8) is 0 Å². The van der Waals surface area contributed by atoms with E-state index in [1.165, 1.54) is 0 Å². The molecule has 76 heavy (non-hydrogen) atoms. The fourth-order valence-electron chi connectivity index (χ4n) is 8.28. The Morgan fingerprint density at radius 2 is 0.539 bits per heavy atom. The van der Waals surface area contributed by atoms with Gasteiger partial charge >= 0.3 is 23.9 Å². The van der Waals surface area contributed by atoms with Crippen LogP contribution in [0.25, 0.3) is 44.1 Å². The van der Waals surface area contributed by atoms with Gasteiger partial charge in [0.2, 0.25) is 0 Å². The Labute approximate surface area is 440 Å². The monoisotopic (exact) mass is 1050 g/mol. The summed E-state index contributed by atoms with van der Waals surface area (Å²) < 4.78 is 7.84. The zero-order chi connectivity index (χ0) is 56.0. The highest BCUT2D eigenvalue weighted by molar-refractivity contribution is 5.95. The van der Waals surface area contributed by atoms with Gasteiger partial charge in [0, 0.05) is 26.2 Å². The molecule has 0 atom stereocenters. The van der Waals surface area contributed by atoms with Crippen LogP contribution in [-0.2, 0) is 52.6 Å². The number of hydrogen-bond donors (Lipinski definition) is 8. The molecule has 0 unspecified atom stereocenters. The van der Waals surface area contributed by atoms with Gasteiger partial charge in [-0.1, -0.05) is 55.4 Å². The number of carboxylic acid groups (broad SMARTS) is 4. The number of aliphatic hydroxyl groups excluding tert-OH is 4. The minimum absolute atomic E-state index is 0.144. The standard InChI is InChI=1S/4C14H18N2O3/c4*1-9(2)5-6-16-12-4-3-10(14(18)19)7-11(12)15-13(16)8-17/h4*3-4,7,9,17H,5-6,8H2,1-2H3,(H,18,19). The van der Waals surface area contributed by atoms with Crippen molar-refractivity contribution in [3.8, 4) is 0 Å². The van der Waals surface area contributed by atoms with E-state index in [0.717, 1.165) is 73.9 Å². The van der Waals surface area contributed by atoms with Crippen LogP contribution in [-0.4, -0.2) is 103 Å². The molecule has 20 heteroatoms. The summed E-state index contributed by atoms with van der Waals surface area (Å²) >= 11 is 0. The van der Waals surface area contributed by atoms with Crippen molar-refractivity contribution in [2.24, 2.45) is 23.7 Å². The third-order valence-corrected chi connectivity index (χ3v) is 12.6. The molecule has 8 N–H and O–H groups in total. The molecule has 8 rings (SSSR count). The smallest absolute Gasteiger partial charge is 0.335 e. The van der Waals surface area contributed by atoms with Crippen molar-refractivity contribution in [3.05, 3.63) is 118 Å². The van der Waals surface area contributed by atoms with E-state index in [1.54, 1.807) is 72.8 Å². The van der Waals surface area contributed by atoms with Crippen molar-refractivity contribution in [1.29, 1.82) is 0 Å². The maximum atomic E-state index is 10.9. The summed E-state index contributed by atoms with van der Waals surface area (Å²) in [6.45, 7) is 19.6. The summed E-state index contributed by atoms with van der Waals surface area (Å²) in [5, 5.41) is 73.3. The minimum Gasteiger partial charge on any atom is -0.478 e. The van der Waals surface area contributed by atoms with Gasteiger partial charge in [0.1, 0.15) is 49.7 Å². The summed E-state index contributed by atoms with van der Waals surface area (Å²) in [6, 6.07) is 19.5. The molecule has 0 fully saturated rings. The summed E-state index contributed by atoms with van der Waals surface area (Å²) in [6.07, 6.45) is 3.94. The van der Waals surface area contributed by atoms with E-state index in [4.69, 9.17) is 20.4 Å². The number of aryl methyl sites for hydroxylation is 4. The van der Waals surface area contributed by atoms with E-state index >= 15 is 0 Å². The Hall–Kier alpha value is -7.52. The number of carboxylic acids is 4. The van der Waals surface area contributed by atoms with Crippen LogP contribution in [0.2, 0.25) is 0 Å². The van der Waals surface area contributed by atoms with E-state index in [2.05, 4.69) is 75.3 Å². The molecule has 408 valence electrons. The third-order valence-electron chi connectivity index (χ3n) is 12.6. The molecule has 8 aromatic rings. The second kappa shape index (κ2) is 27.3. The van der Waals surface area contributed by atoms with Gasteiger partial charge < -0.3 is 59.1 Å². The van der Waals surface area contributed by atoms with Crippen LogP contribution in [0.3, 0.4) is 0 Å². The maximum absolute atomic E-state index is 10.9. The summed E-state index contributed by atoms with van der Waals surface area (Å²) in [5.74, 6) is 0.684. The van der Waals surface area contributed by atoms with Gasteiger partial charge in [-0.2, -0.15) is 0 Å². The molecule has 0 spiro atoms. The van der Waals surface area contributed by atoms with Crippen LogP contribution in [0.4, 0.5) is 0 Å². The first-order valence-corrected chi connectivity index (χ1v) is 25.4. The van der Waals surface area contributed by atoms with Crippen molar-refractivity contribution in [2.45, 2.75) is 134 Å². The summed E-state index contributed by atoms with van der Waals surface area (Å²) in [5.41, 5.74) is 6.81. The van der Waals surface area contributed by atoms with Crippen molar-refractivity contribution in [1.82, 2.24) is 38.2 Å². The Kier molecular flexibility index (Phi) is 21.3. The number of aliphatic hydroxyl groups is 4. The number of hydrogen-bond acceptors (Lipinski definition) is 12. The average molecular weight is 1050 g/mol. The first-order chi connectivity index (χ1) is 36.1. The molecule has 20 nitrogen and oxygen atoms in total. The number of imidazole rings is 4. The lowest BCUT2D eigenvalue weighted by atomic mass is 10.1. The normalized spacial score (nSPS) is 11.4. The van der Waals surface area contributed by atoms with Gasteiger partial charge in [0.15, 0.2) is 0 Å². The first kappa shape index (κ1) is 59.4. The Morgan fingerprint density at radius 1 is 0.355 bits per heavy atom. The van der Waals surface area contributed by atoms with E-state index in [9.17, 15) is 39.6 Å². The molecule has 0 saturated carbocycles. The fourth-order valence-corrected chi connectivity index (χ4v) is 8.28. The zero-order valence-corrected chi connectivity index (χ0v) is 44.5. The largest absolute Gasteiger partial charge is 0.478 e. The predicted molar refractivity (Wildman–Crippen MR) is 288 cm³/mol. The number of aromatic carboxylic acids is 4. The molecular weight excluding hydrogens is 977 g/mol. The number of aromatic nitrogens is 8. The maximum Gasteiger partial charge on any atom is 0.335 e. The van der Waals surface area contributed by atoms with Crippen LogP contribution in [0.1, 0.15) is 146 Å². The highest BCUT2D eigenvalue weighted by atomic mass is 16.4. The SMILES string of the molecule is CC(C)CCn1c(CO)nc2cc(C(=O)O)ccc21.CC(C)CCn1c(CO)nc2cc(C(=O)O)ccc21.CC(C)CCn1c(CO)nc2cc(C(=O)O)ccc21.CC(C)CCn1c(CO)nc2cc(C(=O)O)ccc21. The molecule has 0 aliphatic rings. The van der Waals surface area contributed by atoms with Gasteiger partial charge in [-0.05, 0) is 122 Å². The summed E-state index contributed by atoms with van der Waals surface area (Å²) in [4.78, 5) is 61.0. The predicted octanol–water partition coefficient (Wildman–Crippen LogP) is 9.09. The van der Waals surface area contributed by atoms with E-state index in [0.29, 0.717) is 69.0 Å². The molecule has 4 aromatic carbocycles. The second-order valence-corrected chi connectivity index (χ2v) is 20.1. The third kappa shape index (κ3) is 15.3. The highest BCUT2D eigenvalue weighted by Gasteiger charge is 2.17. The number of rotatable bonds is 20. The quantitative estimate of drug-likeness (QED) is 0.0353. The van der Waals surface area contributed by atoms with E-state index in [1.807, 2.05) is 18.3 Å². The van der Waals surface area contributed by atoms with Crippen LogP contribution < -0.4 is 0 Å².